The molecule has 2 aliphatic carbocycles. The first-order chi connectivity index (χ1) is 11.4. The van der Waals surface area contributed by atoms with Crippen LogP contribution in [0.25, 0.3) is 0 Å². The third-order valence-electron chi connectivity index (χ3n) is 6.64. The van der Waals surface area contributed by atoms with Crippen molar-refractivity contribution in [2.75, 3.05) is 20.1 Å². The van der Waals surface area contributed by atoms with E-state index in [0.29, 0.717) is 17.4 Å². The number of hydrogen-bond acceptors (Lipinski definition) is 3. The molecule has 4 aliphatic rings. The maximum absolute atomic E-state index is 4.84. The predicted octanol–water partition coefficient (Wildman–Crippen LogP) is 4.06. The largest absolute Gasteiger partial charge is 0.306 e. The normalized spacial score (nSPS) is 40.9. The molecule has 4 unspecified atom stereocenters. The summed E-state index contributed by atoms with van der Waals surface area (Å²) in [6, 6.07) is 0.553. The van der Waals surface area contributed by atoms with Crippen LogP contribution in [0.2, 0.25) is 0 Å². The van der Waals surface area contributed by atoms with Crippen molar-refractivity contribution >= 4 is 6.21 Å². The number of allylic oxidation sites excluding steroid dienone is 5. The minimum atomic E-state index is 0.125. The third kappa shape index (κ3) is 2.77. The van der Waals surface area contributed by atoms with Gasteiger partial charge in [-0.2, -0.15) is 5.10 Å². The highest BCUT2D eigenvalue weighted by Crippen LogP contribution is 2.50. The Hall–Kier alpha value is -1.35. The van der Waals surface area contributed by atoms with Gasteiger partial charge >= 0.3 is 0 Å². The summed E-state index contributed by atoms with van der Waals surface area (Å²) in [6.07, 6.45) is 17.4. The van der Waals surface area contributed by atoms with Crippen molar-refractivity contribution in [3.63, 3.8) is 0 Å². The summed E-state index contributed by atoms with van der Waals surface area (Å²) in [5, 5.41) is 7.15. The summed E-state index contributed by atoms with van der Waals surface area (Å²) in [5.41, 5.74) is 1.84. The molecule has 2 fully saturated rings. The van der Waals surface area contributed by atoms with Crippen molar-refractivity contribution in [3.05, 3.63) is 36.1 Å². The smallest absolute Gasteiger partial charge is 0.0607 e. The van der Waals surface area contributed by atoms with Gasteiger partial charge in [0.2, 0.25) is 0 Å². The number of nitrogens with zero attached hydrogens (tertiary/aromatic N) is 3. The van der Waals surface area contributed by atoms with Crippen LogP contribution in [0.4, 0.5) is 0 Å². The average molecular weight is 326 g/mol. The average Bonchev–Trinajstić information content (AvgIpc) is 2.80. The van der Waals surface area contributed by atoms with Crippen molar-refractivity contribution in [2.45, 2.75) is 46.1 Å². The molecule has 1 saturated carbocycles. The van der Waals surface area contributed by atoms with Gasteiger partial charge in [-0.15, -0.1) is 0 Å². The standard InChI is InChI=1S/C21H31N3/c1-20(2)9-5-6-18(7-10-20)24-19-12-17-8-11-23(4)15-21(17,3)13-16(19)14-22-24/h5-7,9-10,14,16-17,19H,8,11-13,15H2,1-4H3. The number of piperidine rings is 1. The predicted molar refractivity (Wildman–Crippen MR) is 101 cm³/mol. The summed E-state index contributed by atoms with van der Waals surface area (Å²) >= 11 is 0. The van der Waals surface area contributed by atoms with Gasteiger partial charge in [-0.1, -0.05) is 39.0 Å². The molecular weight excluding hydrogens is 294 g/mol. The molecule has 2 aliphatic heterocycles. The molecule has 4 atom stereocenters. The highest BCUT2D eigenvalue weighted by molar-refractivity contribution is 5.65. The van der Waals surface area contributed by atoms with E-state index in [-0.39, 0.29) is 5.41 Å². The van der Waals surface area contributed by atoms with Gasteiger partial charge in [0.25, 0.3) is 0 Å². The lowest BCUT2D eigenvalue weighted by Crippen LogP contribution is -2.53. The molecule has 2 heterocycles. The summed E-state index contributed by atoms with van der Waals surface area (Å²) in [6.45, 7) is 9.50. The first kappa shape index (κ1) is 16.1. The number of rotatable bonds is 1. The number of hydrogen-bond donors (Lipinski definition) is 0. The van der Waals surface area contributed by atoms with Gasteiger partial charge < -0.3 is 4.90 Å². The van der Waals surface area contributed by atoms with Crippen molar-refractivity contribution < 1.29 is 0 Å². The second-order valence-corrected chi connectivity index (χ2v) is 9.26. The summed E-state index contributed by atoms with van der Waals surface area (Å²) in [5.74, 6) is 1.44. The quantitative estimate of drug-likeness (QED) is 0.724. The molecule has 0 spiro atoms. The molecule has 4 rings (SSSR count). The van der Waals surface area contributed by atoms with Gasteiger partial charge in [-0.3, -0.25) is 5.01 Å². The zero-order chi connectivity index (χ0) is 16.9. The van der Waals surface area contributed by atoms with Crippen molar-refractivity contribution in [3.8, 4) is 0 Å². The SMILES string of the molecule is CN1CCC2CC3C(C=NN3C3=CC=CC(C)(C)C=C3)CC2(C)C1. The summed E-state index contributed by atoms with van der Waals surface area (Å²) < 4.78 is 0. The van der Waals surface area contributed by atoms with Crippen molar-refractivity contribution in [1.82, 2.24) is 9.91 Å². The number of hydrazone groups is 1. The highest BCUT2D eigenvalue weighted by Gasteiger charge is 2.49. The van der Waals surface area contributed by atoms with E-state index in [1.807, 2.05) is 0 Å². The topological polar surface area (TPSA) is 18.8 Å². The van der Waals surface area contributed by atoms with Gasteiger partial charge in [0.05, 0.1) is 11.7 Å². The molecule has 130 valence electrons. The van der Waals surface area contributed by atoms with E-state index in [9.17, 15) is 0 Å². The van der Waals surface area contributed by atoms with Gasteiger partial charge in [0, 0.05) is 24.1 Å². The third-order valence-corrected chi connectivity index (χ3v) is 6.64. The molecule has 0 aromatic rings. The van der Waals surface area contributed by atoms with Crippen LogP contribution in [0.5, 0.6) is 0 Å². The van der Waals surface area contributed by atoms with Crippen molar-refractivity contribution in [1.29, 1.82) is 0 Å². The van der Waals surface area contributed by atoms with E-state index in [1.54, 1.807) is 0 Å². The van der Waals surface area contributed by atoms with Gasteiger partial charge in [0.1, 0.15) is 0 Å². The number of likely N-dealkylation sites (tertiary alicyclic amines) is 1. The fourth-order valence-electron chi connectivity index (χ4n) is 5.22. The van der Waals surface area contributed by atoms with Crippen LogP contribution in [-0.4, -0.2) is 42.3 Å². The molecule has 0 aromatic carbocycles. The van der Waals surface area contributed by atoms with E-state index >= 15 is 0 Å². The second-order valence-electron chi connectivity index (χ2n) is 9.26. The van der Waals surface area contributed by atoms with Crippen LogP contribution in [0.15, 0.2) is 41.2 Å². The van der Waals surface area contributed by atoms with E-state index in [2.05, 4.69) is 74.3 Å². The first-order valence-electron chi connectivity index (χ1n) is 9.47. The lowest BCUT2D eigenvalue weighted by Gasteiger charge is -2.52. The Morgan fingerprint density at radius 3 is 2.88 bits per heavy atom. The molecule has 0 bridgehead atoms. The van der Waals surface area contributed by atoms with Gasteiger partial charge in [-0.05, 0) is 56.3 Å². The zero-order valence-electron chi connectivity index (χ0n) is 15.6. The number of fused-ring (bicyclic) bond motifs is 2. The lowest BCUT2D eigenvalue weighted by molar-refractivity contribution is -0.0158. The van der Waals surface area contributed by atoms with Gasteiger partial charge in [-0.25, -0.2) is 0 Å². The molecule has 0 radical (unpaired) electrons. The minimum Gasteiger partial charge on any atom is -0.306 e. The van der Waals surface area contributed by atoms with Crippen LogP contribution in [0, 0.1) is 22.7 Å². The highest BCUT2D eigenvalue weighted by atomic mass is 15.5. The maximum atomic E-state index is 4.84. The van der Waals surface area contributed by atoms with Crippen LogP contribution in [0.1, 0.15) is 40.0 Å². The molecule has 1 saturated heterocycles. The maximum Gasteiger partial charge on any atom is 0.0607 e. The molecule has 3 nitrogen and oxygen atoms in total. The van der Waals surface area contributed by atoms with E-state index in [4.69, 9.17) is 5.10 Å². The van der Waals surface area contributed by atoms with Crippen LogP contribution >= 0.6 is 0 Å². The molecule has 0 aromatic heterocycles. The molecule has 3 heteroatoms. The monoisotopic (exact) mass is 325 g/mol. The van der Waals surface area contributed by atoms with E-state index < -0.39 is 0 Å². The second kappa shape index (κ2) is 5.59. The fourth-order valence-corrected chi connectivity index (χ4v) is 5.22. The Labute approximate surface area is 146 Å². The van der Waals surface area contributed by atoms with Crippen LogP contribution in [-0.2, 0) is 0 Å². The van der Waals surface area contributed by atoms with E-state index in [1.165, 1.54) is 38.0 Å². The zero-order valence-corrected chi connectivity index (χ0v) is 15.6. The Balaban J connectivity index is 1.55. The van der Waals surface area contributed by atoms with Gasteiger partial charge in [0.15, 0.2) is 0 Å². The fraction of sp³-hybridized carbons (Fsp3) is 0.667. The molecule has 0 amide bonds. The van der Waals surface area contributed by atoms with Crippen molar-refractivity contribution in [2.24, 2.45) is 27.8 Å². The Morgan fingerprint density at radius 1 is 1.21 bits per heavy atom. The first-order valence-corrected chi connectivity index (χ1v) is 9.47. The molecule has 24 heavy (non-hydrogen) atoms. The Bertz CT molecular complexity index is 627. The summed E-state index contributed by atoms with van der Waals surface area (Å²) in [7, 11) is 2.28. The Kier molecular flexibility index (Phi) is 3.76. The minimum absolute atomic E-state index is 0.125. The van der Waals surface area contributed by atoms with Crippen LogP contribution in [0.3, 0.4) is 0 Å². The lowest BCUT2D eigenvalue weighted by atomic mass is 9.60. The Morgan fingerprint density at radius 2 is 2.04 bits per heavy atom. The van der Waals surface area contributed by atoms with Crippen LogP contribution < -0.4 is 0 Å². The molecular formula is C21H31N3. The van der Waals surface area contributed by atoms with E-state index in [0.717, 1.165) is 5.92 Å². The summed E-state index contributed by atoms with van der Waals surface area (Å²) in [4.78, 5) is 2.52. The molecule has 0 N–H and O–H groups in total.